The van der Waals surface area contributed by atoms with Gasteiger partial charge in [-0.2, -0.15) is 0 Å². The van der Waals surface area contributed by atoms with E-state index in [4.69, 9.17) is 9.72 Å². The first kappa shape index (κ1) is 18.4. The summed E-state index contributed by atoms with van der Waals surface area (Å²) >= 11 is 1.82. The average Bonchev–Trinajstić information content (AvgIpc) is 2.89. The summed E-state index contributed by atoms with van der Waals surface area (Å²) in [5.41, 5.74) is 1.23. The Morgan fingerprint density at radius 1 is 1.29 bits per heavy atom. The van der Waals surface area contributed by atoms with Crippen LogP contribution >= 0.6 is 11.3 Å². The van der Waals surface area contributed by atoms with Gasteiger partial charge in [-0.05, 0) is 18.8 Å². The van der Waals surface area contributed by atoms with Crippen LogP contribution in [0, 0.1) is 0 Å². The highest BCUT2D eigenvalue weighted by Gasteiger charge is 2.19. The summed E-state index contributed by atoms with van der Waals surface area (Å²) < 4.78 is 5.08. The molecule has 0 aliphatic carbocycles. The molecular formula is C16H31N3OS. The number of thiazole rings is 1. The van der Waals surface area contributed by atoms with Crippen LogP contribution in [0.2, 0.25) is 0 Å². The summed E-state index contributed by atoms with van der Waals surface area (Å²) in [4.78, 5) is 8.60. The molecule has 1 N–H and O–H groups in total. The number of nitrogens with zero attached hydrogens (tertiary/aromatic N) is 2. The molecule has 0 atom stereocenters. The highest BCUT2D eigenvalue weighted by atomic mass is 32.1. The van der Waals surface area contributed by atoms with Gasteiger partial charge in [0, 0.05) is 38.2 Å². The number of ether oxygens (including phenoxy) is 1. The highest BCUT2D eigenvalue weighted by molar-refractivity contribution is 7.15. The third kappa shape index (κ3) is 5.24. The van der Waals surface area contributed by atoms with Gasteiger partial charge in [-0.15, -0.1) is 11.3 Å². The van der Waals surface area contributed by atoms with Crippen LogP contribution < -0.4 is 10.2 Å². The SMILES string of the molecule is CCC(CC)N(C)c1nc(C(C)C)c(CNCCOC)s1. The number of aromatic nitrogens is 1. The van der Waals surface area contributed by atoms with Gasteiger partial charge >= 0.3 is 0 Å². The number of methoxy groups -OCH3 is 1. The summed E-state index contributed by atoms with van der Waals surface area (Å²) in [6.45, 7) is 11.4. The van der Waals surface area contributed by atoms with Gasteiger partial charge in [0.25, 0.3) is 0 Å². The topological polar surface area (TPSA) is 37.4 Å². The number of rotatable bonds is 10. The van der Waals surface area contributed by atoms with E-state index in [9.17, 15) is 0 Å². The van der Waals surface area contributed by atoms with Crippen molar-refractivity contribution in [3.63, 3.8) is 0 Å². The number of hydrogen-bond donors (Lipinski definition) is 1. The van der Waals surface area contributed by atoms with E-state index in [0.29, 0.717) is 12.0 Å². The van der Waals surface area contributed by atoms with Crippen LogP contribution in [0.3, 0.4) is 0 Å². The molecule has 0 saturated heterocycles. The van der Waals surface area contributed by atoms with Gasteiger partial charge < -0.3 is 15.0 Å². The quantitative estimate of drug-likeness (QED) is 0.669. The normalized spacial score (nSPS) is 11.6. The van der Waals surface area contributed by atoms with Gasteiger partial charge in [0.1, 0.15) is 0 Å². The van der Waals surface area contributed by atoms with Gasteiger partial charge in [0.05, 0.1) is 12.3 Å². The lowest BCUT2D eigenvalue weighted by Gasteiger charge is -2.25. The molecule has 1 aromatic rings. The first-order valence-electron chi connectivity index (χ1n) is 7.97. The van der Waals surface area contributed by atoms with Crippen molar-refractivity contribution < 1.29 is 4.74 Å². The maximum Gasteiger partial charge on any atom is 0.185 e. The largest absolute Gasteiger partial charge is 0.383 e. The van der Waals surface area contributed by atoms with Crippen LogP contribution in [-0.2, 0) is 11.3 Å². The Kier molecular flexibility index (Phi) is 8.22. The third-order valence-electron chi connectivity index (χ3n) is 3.82. The smallest absolute Gasteiger partial charge is 0.185 e. The Bertz CT molecular complexity index is 402. The zero-order valence-corrected chi connectivity index (χ0v) is 15.2. The van der Waals surface area contributed by atoms with Crippen molar-refractivity contribution in [2.45, 2.75) is 59.0 Å². The fourth-order valence-corrected chi connectivity index (χ4v) is 3.67. The average molecular weight is 314 g/mol. The van der Waals surface area contributed by atoms with Crippen molar-refractivity contribution in [2.75, 3.05) is 32.2 Å². The van der Waals surface area contributed by atoms with E-state index < -0.39 is 0 Å². The molecule has 0 radical (unpaired) electrons. The van der Waals surface area contributed by atoms with E-state index in [0.717, 1.165) is 37.7 Å². The second kappa shape index (κ2) is 9.38. The Morgan fingerprint density at radius 3 is 2.48 bits per heavy atom. The summed E-state index contributed by atoms with van der Waals surface area (Å²) in [6.07, 6.45) is 2.32. The maximum absolute atomic E-state index is 5.08. The number of hydrogen-bond acceptors (Lipinski definition) is 5. The van der Waals surface area contributed by atoms with Gasteiger partial charge in [-0.3, -0.25) is 0 Å². The van der Waals surface area contributed by atoms with E-state index >= 15 is 0 Å². The summed E-state index contributed by atoms with van der Waals surface area (Å²) in [5, 5.41) is 4.58. The minimum Gasteiger partial charge on any atom is -0.383 e. The predicted molar refractivity (Wildman–Crippen MR) is 92.6 cm³/mol. The molecule has 1 aromatic heterocycles. The van der Waals surface area contributed by atoms with Crippen molar-refractivity contribution in [1.82, 2.24) is 10.3 Å². The second-order valence-corrected chi connectivity index (χ2v) is 6.77. The van der Waals surface area contributed by atoms with Crippen LogP contribution in [0.4, 0.5) is 5.13 Å². The van der Waals surface area contributed by atoms with Crippen molar-refractivity contribution in [2.24, 2.45) is 0 Å². The molecule has 0 saturated carbocycles. The minimum absolute atomic E-state index is 0.462. The predicted octanol–water partition coefficient (Wildman–Crippen LogP) is 3.63. The van der Waals surface area contributed by atoms with Gasteiger partial charge in [-0.25, -0.2) is 4.98 Å². The van der Waals surface area contributed by atoms with Crippen LogP contribution in [0.1, 0.15) is 57.0 Å². The Morgan fingerprint density at radius 2 is 1.95 bits per heavy atom. The Balaban J connectivity index is 2.82. The van der Waals surface area contributed by atoms with E-state index in [2.05, 4.69) is 45.0 Å². The standard InChI is InChI=1S/C16H31N3OS/c1-7-13(8-2)19(5)16-18-15(12(3)4)14(21-16)11-17-9-10-20-6/h12-13,17H,7-11H2,1-6H3. The van der Waals surface area contributed by atoms with E-state index in [-0.39, 0.29) is 0 Å². The highest BCUT2D eigenvalue weighted by Crippen LogP contribution is 2.31. The second-order valence-electron chi connectivity index (χ2n) is 5.71. The molecule has 21 heavy (non-hydrogen) atoms. The fraction of sp³-hybridized carbons (Fsp3) is 0.812. The summed E-state index contributed by atoms with van der Waals surface area (Å²) in [5.74, 6) is 0.462. The Hall–Kier alpha value is -0.650. The summed E-state index contributed by atoms with van der Waals surface area (Å²) in [7, 11) is 3.90. The zero-order valence-electron chi connectivity index (χ0n) is 14.4. The van der Waals surface area contributed by atoms with Crippen LogP contribution in [-0.4, -0.2) is 38.3 Å². The molecule has 0 spiro atoms. The molecular weight excluding hydrogens is 282 g/mol. The van der Waals surface area contributed by atoms with Gasteiger partial charge in [0.15, 0.2) is 5.13 Å². The first-order valence-corrected chi connectivity index (χ1v) is 8.78. The van der Waals surface area contributed by atoms with Crippen LogP contribution in [0.25, 0.3) is 0 Å². The molecule has 0 unspecified atom stereocenters. The summed E-state index contributed by atoms with van der Waals surface area (Å²) in [6, 6.07) is 0.575. The van der Waals surface area contributed by atoms with Crippen LogP contribution in [0.5, 0.6) is 0 Å². The van der Waals surface area contributed by atoms with Gasteiger partial charge in [-0.1, -0.05) is 27.7 Å². The van der Waals surface area contributed by atoms with Crippen molar-refractivity contribution in [3.05, 3.63) is 10.6 Å². The zero-order chi connectivity index (χ0) is 15.8. The minimum atomic E-state index is 0.462. The molecule has 0 amide bonds. The molecule has 4 nitrogen and oxygen atoms in total. The number of nitrogens with one attached hydrogen (secondary N) is 1. The molecule has 0 aliphatic heterocycles. The number of anilines is 1. The lowest BCUT2D eigenvalue weighted by atomic mass is 10.1. The van der Waals surface area contributed by atoms with Gasteiger partial charge in [0.2, 0.25) is 0 Å². The molecule has 122 valence electrons. The van der Waals surface area contributed by atoms with E-state index in [1.807, 2.05) is 11.3 Å². The molecule has 0 aromatic carbocycles. The molecule has 0 aliphatic rings. The van der Waals surface area contributed by atoms with Crippen LogP contribution in [0.15, 0.2) is 0 Å². The van der Waals surface area contributed by atoms with Crippen molar-refractivity contribution in [1.29, 1.82) is 0 Å². The van der Waals surface area contributed by atoms with E-state index in [1.54, 1.807) is 7.11 Å². The van der Waals surface area contributed by atoms with E-state index in [1.165, 1.54) is 10.6 Å². The fourth-order valence-electron chi connectivity index (χ4n) is 2.45. The monoisotopic (exact) mass is 313 g/mol. The molecule has 1 heterocycles. The third-order valence-corrected chi connectivity index (χ3v) is 4.99. The molecule has 1 rings (SSSR count). The maximum atomic E-state index is 5.08. The van der Waals surface area contributed by atoms with Crippen molar-refractivity contribution >= 4 is 16.5 Å². The lowest BCUT2D eigenvalue weighted by Crippen LogP contribution is -2.30. The molecule has 0 fully saturated rings. The van der Waals surface area contributed by atoms with Crippen molar-refractivity contribution in [3.8, 4) is 0 Å². The Labute approximate surface area is 133 Å². The molecule has 0 bridgehead atoms. The molecule has 5 heteroatoms. The first-order chi connectivity index (χ1) is 10.0. The lowest BCUT2D eigenvalue weighted by molar-refractivity contribution is 0.199.